The largest absolute Gasteiger partial charge is 0.423 e. The molecule has 0 aliphatic carbocycles. The van der Waals surface area contributed by atoms with Crippen molar-refractivity contribution in [3.63, 3.8) is 0 Å². The van der Waals surface area contributed by atoms with Gasteiger partial charge in [-0.1, -0.05) is 82.0 Å². The number of hydrazone groups is 1. The van der Waals surface area contributed by atoms with Gasteiger partial charge in [-0.05, 0) is 48.4 Å². The molecule has 0 unspecified atom stereocenters. The molecule has 0 saturated carbocycles. The highest BCUT2D eigenvalue weighted by atomic mass is 35.5. The first-order valence-electron chi connectivity index (χ1n) is 11.5. The van der Waals surface area contributed by atoms with Crippen LogP contribution in [0.5, 0.6) is 5.75 Å². The normalized spacial score (nSPS) is 10.9. The second-order valence-corrected chi connectivity index (χ2v) is 8.28. The highest BCUT2D eigenvalue weighted by Gasteiger charge is 2.08. The van der Waals surface area contributed by atoms with Gasteiger partial charge in [0.15, 0.2) is 0 Å². The van der Waals surface area contributed by atoms with Gasteiger partial charge in [-0.2, -0.15) is 5.10 Å². The monoisotopic (exact) mass is 456 g/mol. The summed E-state index contributed by atoms with van der Waals surface area (Å²) in [5.74, 6) is -0.158. The number of hydrogen-bond donors (Lipinski definition) is 1. The van der Waals surface area contributed by atoms with Gasteiger partial charge in [-0.25, -0.2) is 10.2 Å². The maximum absolute atomic E-state index is 12.2. The van der Waals surface area contributed by atoms with E-state index in [1.165, 1.54) is 51.2 Å². The molecule has 2 aromatic rings. The number of carbonyl (C=O) groups excluding carboxylic acids is 2. The topological polar surface area (TPSA) is 67.8 Å². The predicted octanol–water partition coefficient (Wildman–Crippen LogP) is 6.93. The molecule has 0 spiro atoms. The van der Waals surface area contributed by atoms with E-state index in [4.69, 9.17) is 16.3 Å². The van der Waals surface area contributed by atoms with Crippen LogP contribution >= 0.6 is 11.6 Å². The molecule has 0 fully saturated rings. The van der Waals surface area contributed by atoms with Crippen molar-refractivity contribution in [1.29, 1.82) is 0 Å². The van der Waals surface area contributed by atoms with E-state index in [9.17, 15) is 9.59 Å². The van der Waals surface area contributed by atoms with Gasteiger partial charge in [0.25, 0.3) is 0 Å². The van der Waals surface area contributed by atoms with Crippen LogP contribution in [0.1, 0.15) is 87.1 Å². The van der Waals surface area contributed by atoms with Crippen LogP contribution in [0.15, 0.2) is 53.6 Å². The number of nitrogens with one attached hydrogen (secondary N) is 1. The minimum Gasteiger partial charge on any atom is -0.423 e. The van der Waals surface area contributed by atoms with Crippen LogP contribution in [0.4, 0.5) is 0 Å². The zero-order valence-corrected chi connectivity index (χ0v) is 19.6. The minimum absolute atomic E-state index is 0.0884. The maximum Gasteiger partial charge on any atom is 0.343 e. The van der Waals surface area contributed by atoms with Crippen molar-refractivity contribution in [3.05, 3.63) is 64.7 Å². The van der Waals surface area contributed by atoms with E-state index < -0.39 is 5.97 Å². The number of esters is 1. The van der Waals surface area contributed by atoms with Crippen molar-refractivity contribution in [2.24, 2.45) is 5.10 Å². The Morgan fingerprint density at radius 3 is 2.28 bits per heavy atom. The van der Waals surface area contributed by atoms with Crippen LogP contribution in [0, 0.1) is 0 Å². The molecule has 0 aromatic heterocycles. The molecule has 1 N–H and O–H groups in total. The summed E-state index contributed by atoms with van der Waals surface area (Å²) in [4.78, 5) is 24.1. The van der Waals surface area contributed by atoms with Crippen molar-refractivity contribution in [2.45, 2.75) is 71.1 Å². The Kier molecular flexibility index (Phi) is 12.2. The number of carbonyl (C=O) groups is 2. The fourth-order valence-corrected chi connectivity index (χ4v) is 3.37. The molecule has 2 aromatic carbocycles. The highest BCUT2D eigenvalue weighted by Crippen LogP contribution is 2.16. The van der Waals surface area contributed by atoms with E-state index in [1.54, 1.807) is 42.5 Å². The van der Waals surface area contributed by atoms with Crippen LogP contribution in [0.2, 0.25) is 5.02 Å². The molecule has 0 radical (unpaired) electrons. The van der Waals surface area contributed by atoms with Gasteiger partial charge < -0.3 is 4.74 Å². The fraction of sp³-hybridized carbons (Fsp3) is 0.423. The summed E-state index contributed by atoms with van der Waals surface area (Å²) in [6.07, 6.45) is 13.0. The molecule has 5 nitrogen and oxygen atoms in total. The van der Waals surface area contributed by atoms with Crippen molar-refractivity contribution < 1.29 is 14.3 Å². The summed E-state index contributed by atoms with van der Waals surface area (Å²) in [5, 5.41) is 4.56. The third kappa shape index (κ3) is 10.6. The van der Waals surface area contributed by atoms with Crippen molar-refractivity contribution >= 4 is 29.7 Å². The molecule has 1 amide bonds. The van der Waals surface area contributed by atoms with Crippen molar-refractivity contribution in [1.82, 2.24) is 5.43 Å². The zero-order valence-electron chi connectivity index (χ0n) is 18.8. The number of unbranched alkanes of at least 4 members (excludes halogenated alkanes) is 8. The second-order valence-electron chi connectivity index (χ2n) is 7.84. The third-order valence-corrected chi connectivity index (χ3v) is 5.31. The molecule has 6 heteroatoms. The summed E-state index contributed by atoms with van der Waals surface area (Å²) < 4.78 is 5.39. The molecular formula is C26H33ClN2O3. The molecule has 0 aliphatic heterocycles. The van der Waals surface area contributed by atoms with Gasteiger partial charge >= 0.3 is 5.97 Å². The van der Waals surface area contributed by atoms with E-state index in [1.807, 2.05) is 6.07 Å². The van der Waals surface area contributed by atoms with Crippen LogP contribution in [0.3, 0.4) is 0 Å². The van der Waals surface area contributed by atoms with Gasteiger partial charge in [0.05, 0.1) is 11.8 Å². The molecule has 32 heavy (non-hydrogen) atoms. The lowest BCUT2D eigenvalue weighted by molar-refractivity contribution is -0.121. The van der Waals surface area contributed by atoms with Gasteiger partial charge in [-0.15, -0.1) is 0 Å². The van der Waals surface area contributed by atoms with E-state index in [0.29, 0.717) is 22.8 Å². The van der Waals surface area contributed by atoms with E-state index in [2.05, 4.69) is 17.5 Å². The Morgan fingerprint density at radius 2 is 1.59 bits per heavy atom. The Bertz CT molecular complexity index is 866. The Balaban J connectivity index is 1.66. The van der Waals surface area contributed by atoms with Gasteiger partial charge in [0.2, 0.25) is 5.91 Å². The quantitative estimate of drug-likeness (QED) is 0.110. The van der Waals surface area contributed by atoms with Crippen molar-refractivity contribution in [2.75, 3.05) is 0 Å². The van der Waals surface area contributed by atoms with Gasteiger partial charge in [-0.3, -0.25) is 4.79 Å². The van der Waals surface area contributed by atoms with Crippen LogP contribution in [0.25, 0.3) is 0 Å². The van der Waals surface area contributed by atoms with Crippen LogP contribution < -0.4 is 10.2 Å². The molecule has 0 heterocycles. The lowest BCUT2D eigenvalue weighted by Gasteiger charge is -2.05. The number of halogens is 1. The molecule has 172 valence electrons. The first kappa shape index (κ1) is 25.6. The molecule has 0 saturated heterocycles. The number of ether oxygens (including phenoxy) is 1. The molecule has 2 rings (SSSR count). The summed E-state index contributed by atoms with van der Waals surface area (Å²) in [5.41, 5.74) is 3.69. The van der Waals surface area contributed by atoms with E-state index in [0.717, 1.165) is 18.4 Å². The number of benzene rings is 2. The fourth-order valence-electron chi connectivity index (χ4n) is 3.24. The Labute approximate surface area is 196 Å². The van der Waals surface area contributed by atoms with E-state index in [-0.39, 0.29) is 5.91 Å². The molecular weight excluding hydrogens is 424 g/mol. The minimum atomic E-state index is -0.468. The average molecular weight is 457 g/mol. The van der Waals surface area contributed by atoms with Crippen LogP contribution in [-0.4, -0.2) is 18.1 Å². The van der Waals surface area contributed by atoms with E-state index >= 15 is 0 Å². The van der Waals surface area contributed by atoms with Crippen molar-refractivity contribution in [3.8, 4) is 5.75 Å². The number of nitrogens with zero attached hydrogens (tertiary/aromatic N) is 1. The first-order chi connectivity index (χ1) is 15.6. The van der Waals surface area contributed by atoms with Crippen LogP contribution in [-0.2, 0) is 4.79 Å². The maximum atomic E-state index is 12.2. The first-order valence-corrected chi connectivity index (χ1v) is 11.9. The predicted molar refractivity (Wildman–Crippen MR) is 130 cm³/mol. The molecule has 0 aliphatic rings. The Hall–Kier alpha value is -2.66. The molecule has 0 bridgehead atoms. The number of hydrogen-bond acceptors (Lipinski definition) is 4. The summed E-state index contributed by atoms with van der Waals surface area (Å²) in [6.45, 7) is 2.23. The average Bonchev–Trinajstić information content (AvgIpc) is 2.78. The lowest BCUT2D eigenvalue weighted by atomic mass is 10.1. The summed E-state index contributed by atoms with van der Waals surface area (Å²) in [6, 6.07) is 13.4. The van der Waals surface area contributed by atoms with Gasteiger partial charge in [0.1, 0.15) is 5.75 Å². The molecule has 0 atom stereocenters. The lowest BCUT2D eigenvalue weighted by Crippen LogP contribution is -2.16. The summed E-state index contributed by atoms with van der Waals surface area (Å²) in [7, 11) is 0. The SMILES string of the molecule is CCCCCCCCCCCC(=O)N/N=C\c1cccc(OC(=O)c2ccc(Cl)cc2)c1. The second kappa shape index (κ2) is 15.2. The standard InChI is InChI=1S/C26H33ClN2O3/c1-2-3-4-5-6-7-8-9-10-14-25(30)29-28-20-21-12-11-13-24(19-21)32-26(31)22-15-17-23(27)18-16-22/h11-13,15-20H,2-10,14H2,1H3,(H,29,30)/b28-20-. The third-order valence-electron chi connectivity index (χ3n) is 5.06. The highest BCUT2D eigenvalue weighted by molar-refractivity contribution is 6.30. The summed E-state index contributed by atoms with van der Waals surface area (Å²) >= 11 is 5.84. The van der Waals surface area contributed by atoms with Gasteiger partial charge in [0, 0.05) is 11.4 Å². The Morgan fingerprint density at radius 1 is 0.938 bits per heavy atom. The number of rotatable bonds is 14. The zero-order chi connectivity index (χ0) is 23.0. The number of amides is 1. The smallest absolute Gasteiger partial charge is 0.343 e.